The first-order valence-corrected chi connectivity index (χ1v) is 6.87. The summed E-state index contributed by atoms with van der Waals surface area (Å²) >= 11 is 0. The number of nitrogens with zero attached hydrogens (tertiary/aromatic N) is 1. The Bertz CT molecular complexity index is 312. The molecule has 6 nitrogen and oxygen atoms in total. The van der Waals surface area contributed by atoms with Gasteiger partial charge in [-0.2, -0.15) is 0 Å². The molecule has 0 aromatic heterocycles. The second-order valence-corrected chi connectivity index (χ2v) is 5.72. The molecule has 0 bridgehead atoms. The molecule has 1 saturated heterocycles. The van der Waals surface area contributed by atoms with Gasteiger partial charge in [-0.15, -0.1) is 0 Å². The first-order chi connectivity index (χ1) is 8.88. The Morgan fingerprint density at radius 3 is 2.37 bits per heavy atom. The van der Waals surface area contributed by atoms with Crippen LogP contribution in [-0.2, 0) is 4.79 Å². The fourth-order valence-electron chi connectivity index (χ4n) is 2.23. The van der Waals surface area contributed by atoms with Crippen LogP contribution in [-0.4, -0.2) is 54.2 Å². The molecule has 6 heteroatoms. The van der Waals surface area contributed by atoms with Crippen molar-refractivity contribution in [2.45, 2.75) is 45.2 Å². The van der Waals surface area contributed by atoms with Crippen molar-refractivity contribution in [2.75, 3.05) is 20.1 Å². The van der Waals surface area contributed by atoms with Gasteiger partial charge in [0.15, 0.2) is 0 Å². The molecule has 0 aromatic rings. The summed E-state index contributed by atoms with van der Waals surface area (Å²) in [5, 5.41) is 14.5. The molecular weight excluding hydrogens is 246 g/mol. The van der Waals surface area contributed by atoms with Gasteiger partial charge in [-0.05, 0) is 45.3 Å². The normalized spacial score (nSPS) is 19.2. The number of carboxylic acid groups (broad SMARTS) is 1. The second-order valence-electron chi connectivity index (χ2n) is 5.72. The van der Waals surface area contributed by atoms with E-state index in [4.69, 9.17) is 5.11 Å². The average molecular weight is 271 g/mol. The molecule has 1 rings (SSSR count). The SMILES string of the molecule is CC(C)C[C@@H](NC(=O)NC1CCN(C)CC1)C(=O)O. The van der Waals surface area contributed by atoms with Gasteiger partial charge >= 0.3 is 12.0 Å². The van der Waals surface area contributed by atoms with E-state index in [9.17, 15) is 9.59 Å². The van der Waals surface area contributed by atoms with Crippen molar-refractivity contribution in [3.63, 3.8) is 0 Å². The lowest BCUT2D eigenvalue weighted by atomic mass is 10.0. The maximum atomic E-state index is 11.8. The lowest BCUT2D eigenvalue weighted by Crippen LogP contribution is -2.51. The molecule has 2 amide bonds. The lowest BCUT2D eigenvalue weighted by molar-refractivity contribution is -0.139. The summed E-state index contributed by atoms with van der Waals surface area (Å²) in [6.45, 7) is 5.79. The summed E-state index contributed by atoms with van der Waals surface area (Å²) < 4.78 is 0. The number of urea groups is 1. The number of aliphatic carboxylic acids is 1. The van der Waals surface area contributed by atoms with Gasteiger partial charge in [0.1, 0.15) is 6.04 Å². The zero-order chi connectivity index (χ0) is 14.4. The number of nitrogens with one attached hydrogen (secondary N) is 2. The molecule has 0 unspecified atom stereocenters. The van der Waals surface area contributed by atoms with E-state index in [0.717, 1.165) is 25.9 Å². The summed E-state index contributed by atoms with van der Waals surface area (Å²) in [6, 6.07) is -1.04. The molecule has 1 heterocycles. The van der Waals surface area contributed by atoms with Crippen LogP contribution in [0.4, 0.5) is 4.79 Å². The first kappa shape index (κ1) is 15.8. The molecule has 1 aliphatic rings. The van der Waals surface area contributed by atoms with Crippen LogP contribution in [0.15, 0.2) is 0 Å². The molecular formula is C13H25N3O3. The maximum absolute atomic E-state index is 11.8. The lowest BCUT2D eigenvalue weighted by Gasteiger charge is -2.30. The summed E-state index contributed by atoms with van der Waals surface area (Å²) in [7, 11) is 2.05. The van der Waals surface area contributed by atoms with Gasteiger partial charge in [0.2, 0.25) is 0 Å². The number of carbonyl (C=O) groups excluding carboxylic acids is 1. The molecule has 3 N–H and O–H groups in total. The number of hydrogen-bond donors (Lipinski definition) is 3. The van der Waals surface area contributed by atoms with E-state index in [-0.39, 0.29) is 18.0 Å². The van der Waals surface area contributed by atoms with Crippen LogP contribution in [0.2, 0.25) is 0 Å². The Morgan fingerprint density at radius 1 is 1.32 bits per heavy atom. The van der Waals surface area contributed by atoms with Gasteiger partial charge in [-0.1, -0.05) is 13.8 Å². The Kier molecular flexibility index (Phi) is 6.08. The molecule has 0 aromatic carbocycles. The highest BCUT2D eigenvalue weighted by Crippen LogP contribution is 2.08. The van der Waals surface area contributed by atoms with Gasteiger partial charge in [0, 0.05) is 6.04 Å². The Balaban J connectivity index is 2.38. The largest absolute Gasteiger partial charge is 0.480 e. The van der Waals surface area contributed by atoms with Crippen molar-refractivity contribution in [2.24, 2.45) is 5.92 Å². The smallest absolute Gasteiger partial charge is 0.326 e. The van der Waals surface area contributed by atoms with Crippen molar-refractivity contribution >= 4 is 12.0 Å². The summed E-state index contributed by atoms with van der Waals surface area (Å²) in [6.07, 6.45) is 2.26. The number of amides is 2. The Morgan fingerprint density at radius 2 is 1.89 bits per heavy atom. The number of carboxylic acids is 1. The number of hydrogen-bond acceptors (Lipinski definition) is 3. The highest BCUT2D eigenvalue weighted by atomic mass is 16.4. The van der Waals surface area contributed by atoms with Crippen molar-refractivity contribution in [1.29, 1.82) is 0 Å². The van der Waals surface area contributed by atoms with Gasteiger partial charge in [0.05, 0.1) is 0 Å². The molecule has 0 radical (unpaired) electrons. The highest BCUT2D eigenvalue weighted by Gasteiger charge is 2.23. The van der Waals surface area contributed by atoms with Crippen molar-refractivity contribution < 1.29 is 14.7 Å². The fourth-order valence-corrected chi connectivity index (χ4v) is 2.23. The number of rotatable bonds is 5. The minimum atomic E-state index is -0.979. The summed E-state index contributed by atoms with van der Waals surface area (Å²) in [5.74, 6) is -0.753. The first-order valence-electron chi connectivity index (χ1n) is 6.87. The minimum Gasteiger partial charge on any atom is -0.480 e. The third-order valence-corrected chi connectivity index (χ3v) is 3.36. The van der Waals surface area contributed by atoms with Gasteiger partial charge in [-0.3, -0.25) is 0 Å². The Labute approximate surface area is 114 Å². The molecule has 1 fully saturated rings. The van der Waals surface area contributed by atoms with Crippen molar-refractivity contribution in [1.82, 2.24) is 15.5 Å². The predicted octanol–water partition coefficient (Wildman–Crippen LogP) is 0.879. The van der Waals surface area contributed by atoms with E-state index < -0.39 is 12.0 Å². The topological polar surface area (TPSA) is 81.7 Å². The van der Waals surface area contributed by atoms with Crippen LogP contribution in [0.3, 0.4) is 0 Å². The van der Waals surface area contributed by atoms with E-state index in [1.807, 2.05) is 13.8 Å². The molecule has 0 spiro atoms. The molecule has 110 valence electrons. The number of likely N-dealkylation sites (tertiary alicyclic amines) is 1. The Hall–Kier alpha value is -1.30. The van der Waals surface area contributed by atoms with Crippen LogP contribution in [0.5, 0.6) is 0 Å². The van der Waals surface area contributed by atoms with E-state index >= 15 is 0 Å². The fraction of sp³-hybridized carbons (Fsp3) is 0.846. The molecule has 1 aliphatic heterocycles. The van der Waals surface area contributed by atoms with Crippen LogP contribution < -0.4 is 10.6 Å². The average Bonchev–Trinajstić information content (AvgIpc) is 2.30. The van der Waals surface area contributed by atoms with Gasteiger partial charge in [-0.25, -0.2) is 9.59 Å². The van der Waals surface area contributed by atoms with E-state index in [2.05, 4.69) is 22.6 Å². The monoisotopic (exact) mass is 271 g/mol. The van der Waals surface area contributed by atoms with E-state index in [0.29, 0.717) is 6.42 Å². The van der Waals surface area contributed by atoms with Crippen LogP contribution in [0.1, 0.15) is 33.1 Å². The van der Waals surface area contributed by atoms with E-state index in [1.54, 1.807) is 0 Å². The van der Waals surface area contributed by atoms with Crippen molar-refractivity contribution in [3.05, 3.63) is 0 Å². The molecule has 19 heavy (non-hydrogen) atoms. The minimum absolute atomic E-state index is 0.143. The third-order valence-electron chi connectivity index (χ3n) is 3.36. The predicted molar refractivity (Wildman–Crippen MR) is 73.1 cm³/mol. The zero-order valence-electron chi connectivity index (χ0n) is 12.0. The quantitative estimate of drug-likeness (QED) is 0.693. The molecule has 1 atom stereocenters. The molecule has 0 aliphatic carbocycles. The maximum Gasteiger partial charge on any atom is 0.326 e. The number of carbonyl (C=O) groups is 2. The zero-order valence-corrected chi connectivity index (χ0v) is 12.0. The van der Waals surface area contributed by atoms with Crippen LogP contribution in [0, 0.1) is 5.92 Å². The summed E-state index contributed by atoms with van der Waals surface area (Å²) in [5.41, 5.74) is 0. The molecule has 0 saturated carbocycles. The summed E-state index contributed by atoms with van der Waals surface area (Å²) in [4.78, 5) is 25.1. The van der Waals surface area contributed by atoms with Crippen molar-refractivity contribution in [3.8, 4) is 0 Å². The second kappa shape index (κ2) is 7.33. The van der Waals surface area contributed by atoms with E-state index in [1.165, 1.54) is 0 Å². The van der Waals surface area contributed by atoms with Gasteiger partial charge in [0.25, 0.3) is 0 Å². The van der Waals surface area contributed by atoms with Crippen LogP contribution in [0.25, 0.3) is 0 Å². The van der Waals surface area contributed by atoms with Gasteiger partial charge < -0.3 is 20.6 Å². The standard InChI is InChI=1S/C13H25N3O3/c1-9(2)8-11(12(17)18)15-13(19)14-10-4-6-16(3)7-5-10/h9-11H,4-8H2,1-3H3,(H,17,18)(H2,14,15,19)/t11-/m1/s1. The highest BCUT2D eigenvalue weighted by molar-refractivity contribution is 5.82. The third kappa shape index (κ3) is 5.92. The van der Waals surface area contributed by atoms with Crippen LogP contribution >= 0.6 is 0 Å². The number of piperidine rings is 1.